The van der Waals surface area contributed by atoms with Crippen molar-refractivity contribution in [2.24, 2.45) is 22.5 Å². The molecule has 1 aliphatic rings. The molecule has 0 aromatic carbocycles. The van der Waals surface area contributed by atoms with Gasteiger partial charge >= 0.3 is 0 Å². The van der Waals surface area contributed by atoms with Gasteiger partial charge in [-0.05, 0) is 36.2 Å². The highest BCUT2D eigenvalue weighted by atomic mass is 15.3. The molecule has 1 aromatic rings. The van der Waals surface area contributed by atoms with Crippen molar-refractivity contribution < 1.29 is 0 Å². The van der Waals surface area contributed by atoms with E-state index in [1.54, 1.807) is 0 Å². The third-order valence-corrected chi connectivity index (χ3v) is 5.58. The highest BCUT2D eigenvalue weighted by Gasteiger charge is 2.66. The predicted molar refractivity (Wildman–Crippen MR) is 80.0 cm³/mol. The predicted octanol–water partition coefficient (Wildman–Crippen LogP) is 3.02. The molecule has 3 heteroatoms. The van der Waals surface area contributed by atoms with Gasteiger partial charge in [0.15, 0.2) is 0 Å². The van der Waals surface area contributed by atoms with E-state index >= 15 is 0 Å². The number of hydrogen-bond donors (Lipinski definition) is 1. The van der Waals surface area contributed by atoms with E-state index in [0.717, 1.165) is 19.4 Å². The summed E-state index contributed by atoms with van der Waals surface area (Å²) in [6, 6.07) is 2.46. The van der Waals surface area contributed by atoms with E-state index < -0.39 is 0 Å². The summed E-state index contributed by atoms with van der Waals surface area (Å²) in [6.07, 6.45) is 1.94. The summed E-state index contributed by atoms with van der Waals surface area (Å²) in [6.45, 7) is 14.6. The molecule has 19 heavy (non-hydrogen) atoms. The molecule has 1 unspecified atom stereocenters. The van der Waals surface area contributed by atoms with Gasteiger partial charge in [-0.25, -0.2) is 0 Å². The van der Waals surface area contributed by atoms with Crippen molar-refractivity contribution in [3.63, 3.8) is 0 Å². The summed E-state index contributed by atoms with van der Waals surface area (Å²) in [5, 5.41) is 4.61. The zero-order chi connectivity index (χ0) is 14.4. The second kappa shape index (κ2) is 4.62. The maximum atomic E-state index is 6.50. The Labute approximate surface area is 117 Å². The minimum absolute atomic E-state index is 0.233. The number of aryl methyl sites for hydroxylation is 2. The van der Waals surface area contributed by atoms with E-state index in [1.165, 1.54) is 11.4 Å². The highest BCUT2D eigenvalue weighted by molar-refractivity contribution is 5.19. The fourth-order valence-electron chi connectivity index (χ4n) is 3.80. The first-order chi connectivity index (χ1) is 8.75. The monoisotopic (exact) mass is 263 g/mol. The van der Waals surface area contributed by atoms with Crippen LogP contribution in [0.15, 0.2) is 6.07 Å². The second-order valence-corrected chi connectivity index (χ2v) is 7.09. The van der Waals surface area contributed by atoms with Crippen LogP contribution in [0.2, 0.25) is 0 Å². The molecule has 1 aromatic heterocycles. The number of nitrogens with zero attached hydrogens (tertiary/aromatic N) is 2. The molecule has 108 valence electrons. The lowest BCUT2D eigenvalue weighted by molar-refractivity contribution is 0.457. The van der Waals surface area contributed by atoms with Gasteiger partial charge in [0.2, 0.25) is 0 Å². The van der Waals surface area contributed by atoms with Crippen LogP contribution in [0.1, 0.15) is 52.9 Å². The van der Waals surface area contributed by atoms with Gasteiger partial charge in [-0.1, -0.05) is 34.6 Å². The van der Waals surface area contributed by atoms with Crippen LogP contribution in [0.25, 0.3) is 0 Å². The van der Waals surface area contributed by atoms with E-state index in [1.807, 2.05) is 0 Å². The van der Waals surface area contributed by atoms with Crippen LogP contribution in [0.5, 0.6) is 0 Å². The Morgan fingerprint density at radius 3 is 2.26 bits per heavy atom. The molecule has 1 saturated carbocycles. The maximum Gasteiger partial charge on any atom is 0.0624 e. The van der Waals surface area contributed by atoms with Crippen LogP contribution in [-0.4, -0.2) is 15.8 Å². The molecule has 0 spiro atoms. The van der Waals surface area contributed by atoms with Gasteiger partial charge in [0, 0.05) is 24.7 Å². The van der Waals surface area contributed by atoms with Gasteiger partial charge in [0.05, 0.1) is 5.69 Å². The molecule has 1 heterocycles. The lowest BCUT2D eigenvalue weighted by atomic mass is 10.0. The Morgan fingerprint density at radius 2 is 1.84 bits per heavy atom. The quantitative estimate of drug-likeness (QED) is 0.887. The summed E-state index contributed by atoms with van der Waals surface area (Å²) in [5.74, 6) is 0.602. The summed E-state index contributed by atoms with van der Waals surface area (Å²) < 4.78 is 2.11. The van der Waals surface area contributed by atoms with Crippen LogP contribution in [-0.2, 0) is 19.4 Å². The van der Waals surface area contributed by atoms with E-state index in [2.05, 4.69) is 57.4 Å². The number of aromatic nitrogens is 2. The molecule has 1 fully saturated rings. The van der Waals surface area contributed by atoms with Crippen molar-refractivity contribution in [2.75, 3.05) is 0 Å². The molecule has 0 amide bonds. The van der Waals surface area contributed by atoms with Crippen LogP contribution >= 0.6 is 0 Å². The first kappa shape index (κ1) is 14.6. The molecule has 0 radical (unpaired) electrons. The van der Waals surface area contributed by atoms with Crippen LogP contribution < -0.4 is 5.73 Å². The average molecular weight is 263 g/mol. The van der Waals surface area contributed by atoms with Crippen molar-refractivity contribution in [3.05, 3.63) is 17.5 Å². The number of rotatable bonds is 5. The number of hydrogen-bond acceptors (Lipinski definition) is 2. The molecule has 0 saturated heterocycles. The van der Waals surface area contributed by atoms with E-state index in [9.17, 15) is 0 Å². The Balaban J connectivity index is 2.12. The van der Waals surface area contributed by atoms with E-state index in [0.29, 0.717) is 16.7 Å². The first-order valence-corrected chi connectivity index (χ1v) is 7.56. The minimum atomic E-state index is 0.233. The lowest BCUT2D eigenvalue weighted by Crippen LogP contribution is -2.29. The maximum absolute atomic E-state index is 6.50. The van der Waals surface area contributed by atoms with Gasteiger partial charge in [-0.2, -0.15) is 5.10 Å². The smallest absolute Gasteiger partial charge is 0.0624 e. The SMILES string of the molecule is CCc1cc(CC(N)C2C(C)(C)C2(C)C)n(CC)n1. The molecular formula is C16H29N3. The standard InChI is InChI=1S/C16H29N3/c1-7-11-9-12(19(8-2)18-11)10-13(17)14-15(3,4)16(14,5)6/h9,13-14H,7-8,10,17H2,1-6H3. The third kappa shape index (κ3) is 2.22. The van der Waals surface area contributed by atoms with Crippen molar-refractivity contribution in [1.82, 2.24) is 9.78 Å². The summed E-state index contributed by atoms with van der Waals surface area (Å²) in [7, 11) is 0. The minimum Gasteiger partial charge on any atom is -0.327 e. The lowest BCUT2D eigenvalue weighted by Gasteiger charge is -2.14. The molecule has 3 nitrogen and oxygen atoms in total. The van der Waals surface area contributed by atoms with Crippen molar-refractivity contribution in [2.45, 2.75) is 67.0 Å². The van der Waals surface area contributed by atoms with Crippen molar-refractivity contribution in [1.29, 1.82) is 0 Å². The normalized spacial score (nSPS) is 22.5. The molecular weight excluding hydrogens is 234 g/mol. The average Bonchev–Trinajstić information content (AvgIpc) is 2.63. The zero-order valence-electron chi connectivity index (χ0n) is 13.3. The second-order valence-electron chi connectivity index (χ2n) is 7.09. The van der Waals surface area contributed by atoms with Crippen molar-refractivity contribution >= 4 is 0 Å². The topological polar surface area (TPSA) is 43.8 Å². The Kier molecular flexibility index (Phi) is 3.54. The Bertz CT molecular complexity index is 443. The molecule has 1 aliphatic carbocycles. The van der Waals surface area contributed by atoms with Gasteiger partial charge < -0.3 is 5.73 Å². The van der Waals surface area contributed by atoms with Gasteiger partial charge in [0.25, 0.3) is 0 Å². The van der Waals surface area contributed by atoms with Crippen molar-refractivity contribution in [3.8, 4) is 0 Å². The largest absolute Gasteiger partial charge is 0.327 e. The van der Waals surface area contributed by atoms with Crippen LogP contribution in [0, 0.1) is 16.7 Å². The van der Waals surface area contributed by atoms with E-state index in [4.69, 9.17) is 5.73 Å². The third-order valence-electron chi connectivity index (χ3n) is 5.58. The molecule has 2 N–H and O–H groups in total. The number of nitrogens with two attached hydrogens (primary N) is 1. The first-order valence-electron chi connectivity index (χ1n) is 7.56. The molecule has 0 bridgehead atoms. The Morgan fingerprint density at radius 1 is 1.26 bits per heavy atom. The van der Waals surface area contributed by atoms with Gasteiger partial charge in [0.1, 0.15) is 0 Å². The zero-order valence-corrected chi connectivity index (χ0v) is 13.3. The van der Waals surface area contributed by atoms with Crippen LogP contribution in [0.4, 0.5) is 0 Å². The molecule has 0 aliphatic heterocycles. The highest BCUT2D eigenvalue weighted by Crippen LogP contribution is 2.69. The van der Waals surface area contributed by atoms with E-state index in [-0.39, 0.29) is 6.04 Å². The summed E-state index contributed by atoms with van der Waals surface area (Å²) in [4.78, 5) is 0. The van der Waals surface area contributed by atoms with Gasteiger partial charge in [-0.15, -0.1) is 0 Å². The summed E-state index contributed by atoms with van der Waals surface area (Å²) in [5.41, 5.74) is 9.69. The van der Waals surface area contributed by atoms with Gasteiger partial charge in [-0.3, -0.25) is 4.68 Å². The fourth-order valence-corrected chi connectivity index (χ4v) is 3.80. The molecule has 1 atom stereocenters. The summed E-state index contributed by atoms with van der Waals surface area (Å²) >= 11 is 0. The Hall–Kier alpha value is -0.830. The fraction of sp³-hybridized carbons (Fsp3) is 0.812. The molecule has 2 rings (SSSR count). The van der Waals surface area contributed by atoms with Crippen LogP contribution in [0.3, 0.4) is 0 Å².